The molecular weight excluding hydrogens is 288 g/mol. The number of methoxy groups -OCH3 is 1. The van der Waals surface area contributed by atoms with Gasteiger partial charge in [-0.05, 0) is 47.4 Å². The van der Waals surface area contributed by atoms with Crippen molar-refractivity contribution in [3.63, 3.8) is 0 Å². The first-order valence-corrected chi connectivity index (χ1v) is 7.56. The summed E-state index contributed by atoms with van der Waals surface area (Å²) in [7, 11) is 1.62. The van der Waals surface area contributed by atoms with Crippen LogP contribution in [0.4, 0.5) is 10.5 Å². The quantitative estimate of drug-likeness (QED) is 0.847. The lowest BCUT2D eigenvalue weighted by Gasteiger charge is -2.08. The Morgan fingerprint density at radius 3 is 2.52 bits per heavy atom. The Kier molecular flexibility index (Phi) is 5.80. The first kappa shape index (κ1) is 16.6. The van der Waals surface area contributed by atoms with Gasteiger partial charge in [0.05, 0.1) is 7.11 Å². The SMILES string of the molecule is COc1cccc(/C=C/NC(=O)Nc2ccc(C(C)C)cc2)c1. The molecule has 23 heavy (non-hydrogen) atoms. The fraction of sp³-hybridized carbons (Fsp3) is 0.211. The number of carbonyl (C=O) groups excluding carboxylic acids is 1. The molecule has 0 atom stereocenters. The van der Waals surface area contributed by atoms with Crippen LogP contribution in [-0.4, -0.2) is 13.1 Å². The van der Waals surface area contributed by atoms with Gasteiger partial charge in [0.25, 0.3) is 0 Å². The maximum Gasteiger partial charge on any atom is 0.323 e. The standard InChI is InChI=1S/C19H22N2O2/c1-14(2)16-7-9-17(10-8-16)21-19(22)20-12-11-15-5-4-6-18(13-15)23-3/h4-14H,1-3H3,(H2,20,21,22)/b12-11+. The van der Waals surface area contributed by atoms with E-state index in [1.807, 2.05) is 54.6 Å². The number of ether oxygens (including phenoxy) is 1. The van der Waals surface area contributed by atoms with Gasteiger partial charge in [0.15, 0.2) is 0 Å². The molecule has 0 saturated carbocycles. The maximum absolute atomic E-state index is 11.8. The fourth-order valence-corrected chi connectivity index (χ4v) is 2.08. The number of hydrogen-bond acceptors (Lipinski definition) is 2. The Hall–Kier alpha value is -2.75. The molecule has 0 heterocycles. The van der Waals surface area contributed by atoms with Crippen molar-refractivity contribution in [2.45, 2.75) is 19.8 Å². The average Bonchev–Trinajstić information content (AvgIpc) is 2.55. The molecular formula is C19H22N2O2. The zero-order valence-corrected chi connectivity index (χ0v) is 13.7. The molecule has 0 radical (unpaired) electrons. The van der Waals surface area contributed by atoms with E-state index in [0.29, 0.717) is 5.92 Å². The van der Waals surface area contributed by atoms with E-state index in [2.05, 4.69) is 24.5 Å². The largest absolute Gasteiger partial charge is 0.497 e. The highest BCUT2D eigenvalue weighted by atomic mass is 16.5. The minimum Gasteiger partial charge on any atom is -0.497 e. The molecule has 0 aliphatic rings. The highest BCUT2D eigenvalue weighted by molar-refractivity contribution is 5.90. The monoisotopic (exact) mass is 310 g/mol. The van der Waals surface area contributed by atoms with Crippen LogP contribution in [0.1, 0.15) is 30.9 Å². The van der Waals surface area contributed by atoms with Crippen LogP contribution in [0.15, 0.2) is 54.7 Å². The Balaban J connectivity index is 1.88. The highest BCUT2D eigenvalue weighted by Gasteiger charge is 2.01. The number of anilines is 1. The van der Waals surface area contributed by atoms with Crippen molar-refractivity contribution in [2.75, 3.05) is 12.4 Å². The summed E-state index contributed by atoms with van der Waals surface area (Å²) >= 11 is 0. The van der Waals surface area contributed by atoms with Crippen LogP contribution >= 0.6 is 0 Å². The van der Waals surface area contributed by atoms with Gasteiger partial charge in [0, 0.05) is 11.9 Å². The summed E-state index contributed by atoms with van der Waals surface area (Å²) in [6, 6.07) is 15.2. The van der Waals surface area contributed by atoms with Crippen LogP contribution in [0.3, 0.4) is 0 Å². The molecule has 120 valence electrons. The number of carbonyl (C=O) groups is 1. The summed E-state index contributed by atoms with van der Waals surface area (Å²) in [5.41, 5.74) is 2.96. The highest BCUT2D eigenvalue weighted by Crippen LogP contribution is 2.17. The van der Waals surface area contributed by atoms with Crippen molar-refractivity contribution in [1.29, 1.82) is 0 Å². The molecule has 2 rings (SSSR count). The summed E-state index contributed by atoms with van der Waals surface area (Å²) in [4.78, 5) is 11.8. The molecule has 0 aromatic heterocycles. The minimum absolute atomic E-state index is 0.276. The average molecular weight is 310 g/mol. The molecule has 0 aliphatic heterocycles. The van der Waals surface area contributed by atoms with Crippen LogP contribution in [0.5, 0.6) is 5.75 Å². The molecule has 0 saturated heterocycles. The van der Waals surface area contributed by atoms with E-state index >= 15 is 0 Å². The smallest absolute Gasteiger partial charge is 0.323 e. The van der Waals surface area contributed by atoms with Crippen LogP contribution < -0.4 is 15.4 Å². The number of amides is 2. The fourth-order valence-electron chi connectivity index (χ4n) is 2.08. The van der Waals surface area contributed by atoms with Gasteiger partial charge in [-0.1, -0.05) is 38.1 Å². The third-order valence-electron chi connectivity index (χ3n) is 3.42. The van der Waals surface area contributed by atoms with Crippen molar-refractivity contribution in [1.82, 2.24) is 5.32 Å². The number of urea groups is 1. The zero-order chi connectivity index (χ0) is 16.7. The molecule has 2 N–H and O–H groups in total. The third-order valence-corrected chi connectivity index (χ3v) is 3.42. The van der Waals surface area contributed by atoms with Gasteiger partial charge >= 0.3 is 6.03 Å². The van der Waals surface area contributed by atoms with Gasteiger partial charge in [-0.2, -0.15) is 0 Å². The molecule has 0 aliphatic carbocycles. The van der Waals surface area contributed by atoms with Gasteiger partial charge in [0.2, 0.25) is 0 Å². The predicted octanol–water partition coefficient (Wildman–Crippen LogP) is 4.61. The van der Waals surface area contributed by atoms with Crippen LogP contribution in [0.2, 0.25) is 0 Å². The molecule has 0 bridgehead atoms. The first-order chi connectivity index (χ1) is 11.1. The van der Waals surface area contributed by atoms with Gasteiger partial charge in [-0.25, -0.2) is 4.79 Å². The zero-order valence-electron chi connectivity index (χ0n) is 13.7. The number of rotatable bonds is 5. The molecule has 2 amide bonds. The van der Waals surface area contributed by atoms with Crippen molar-refractivity contribution in [3.8, 4) is 5.75 Å². The number of nitrogens with one attached hydrogen (secondary N) is 2. The summed E-state index contributed by atoms with van der Waals surface area (Å²) in [5, 5.41) is 5.47. The molecule has 0 fully saturated rings. The van der Waals surface area contributed by atoms with Crippen molar-refractivity contribution in [3.05, 3.63) is 65.9 Å². The molecule has 4 nitrogen and oxygen atoms in total. The van der Waals surface area contributed by atoms with Crippen LogP contribution in [-0.2, 0) is 0 Å². The third kappa shape index (κ3) is 5.18. The van der Waals surface area contributed by atoms with Crippen LogP contribution in [0, 0.1) is 0 Å². The lowest BCUT2D eigenvalue weighted by atomic mass is 10.0. The summed E-state index contributed by atoms with van der Waals surface area (Å²) in [5.74, 6) is 1.26. The lowest BCUT2D eigenvalue weighted by Crippen LogP contribution is -2.23. The van der Waals surface area contributed by atoms with E-state index in [4.69, 9.17) is 4.74 Å². The lowest BCUT2D eigenvalue weighted by molar-refractivity contribution is 0.255. The Bertz CT molecular complexity index is 676. The van der Waals surface area contributed by atoms with E-state index in [0.717, 1.165) is 17.0 Å². The first-order valence-electron chi connectivity index (χ1n) is 7.56. The molecule has 0 unspecified atom stereocenters. The normalized spacial score (nSPS) is 10.8. The Morgan fingerprint density at radius 1 is 1.13 bits per heavy atom. The topological polar surface area (TPSA) is 50.4 Å². The van der Waals surface area contributed by atoms with E-state index in [9.17, 15) is 4.79 Å². The summed E-state index contributed by atoms with van der Waals surface area (Å²) in [6.45, 7) is 4.27. The van der Waals surface area contributed by atoms with Crippen molar-refractivity contribution < 1.29 is 9.53 Å². The van der Waals surface area contributed by atoms with Gasteiger partial charge in [-0.3, -0.25) is 0 Å². The number of hydrogen-bond donors (Lipinski definition) is 2. The van der Waals surface area contributed by atoms with Crippen molar-refractivity contribution >= 4 is 17.8 Å². The Morgan fingerprint density at radius 2 is 1.87 bits per heavy atom. The summed E-state index contributed by atoms with van der Waals surface area (Å²) < 4.78 is 5.15. The Labute approximate surface area is 137 Å². The van der Waals surface area contributed by atoms with E-state index in [-0.39, 0.29) is 6.03 Å². The van der Waals surface area contributed by atoms with E-state index < -0.39 is 0 Å². The second-order valence-corrected chi connectivity index (χ2v) is 5.49. The predicted molar refractivity (Wildman–Crippen MR) is 94.7 cm³/mol. The van der Waals surface area contributed by atoms with Gasteiger partial charge < -0.3 is 15.4 Å². The second-order valence-electron chi connectivity index (χ2n) is 5.49. The molecule has 4 heteroatoms. The number of benzene rings is 2. The van der Waals surface area contributed by atoms with E-state index in [1.54, 1.807) is 13.3 Å². The summed E-state index contributed by atoms with van der Waals surface area (Å²) in [6.07, 6.45) is 3.41. The molecule has 0 spiro atoms. The van der Waals surface area contributed by atoms with Crippen molar-refractivity contribution in [2.24, 2.45) is 0 Å². The van der Waals surface area contributed by atoms with E-state index in [1.165, 1.54) is 5.56 Å². The maximum atomic E-state index is 11.8. The second kappa shape index (κ2) is 8.03. The minimum atomic E-state index is -0.276. The molecule has 2 aromatic rings. The van der Waals surface area contributed by atoms with Gasteiger partial charge in [0.1, 0.15) is 5.75 Å². The van der Waals surface area contributed by atoms with Crippen LogP contribution in [0.25, 0.3) is 6.08 Å². The molecule has 2 aromatic carbocycles. The van der Waals surface area contributed by atoms with Gasteiger partial charge in [-0.15, -0.1) is 0 Å².